The maximum atomic E-state index is 12.2. The van der Waals surface area contributed by atoms with E-state index in [0.717, 1.165) is 22.2 Å². The molecule has 0 radical (unpaired) electrons. The Morgan fingerprint density at radius 1 is 1.33 bits per heavy atom. The standard InChI is InChI=1S/C16H17N3O2/c1-10-8-15(18-21-10)17-16(20)9-13-11(2)19(3)14-7-5-4-6-12(13)14/h4-8H,9H2,1-3H3,(H,17,18,20). The molecule has 0 aliphatic heterocycles. The van der Waals surface area contributed by atoms with E-state index >= 15 is 0 Å². The quantitative estimate of drug-likeness (QED) is 0.804. The molecule has 2 aromatic heterocycles. The van der Waals surface area contributed by atoms with E-state index in [4.69, 9.17) is 4.52 Å². The Morgan fingerprint density at radius 2 is 2.10 bits per heavy atom. The van der Waals surface area contributed by atoms with Gasteiger partial charge in [0.1, 0.15) is 5.76 Å². The topological polar surface area (TPSA) is 60.1 Å². The number of para-hydroxylation sites is 1. The SMILES string of the molecule is Cc1cc(NC(=O)Cc2c(C)n(C)c3ccccc23)no1. The third-order valence-electron chi connectivity index (χ3n) is 3.76. The lowest BCUT2D eigenvalue weighted by molar-refractivity contribution is -0.115. The first-order valence-corrected chi connectivity index (χ1v) is 6.82. The van der Waals surface area contributed by atoms with Crippen molar-refractivity contribution in [3.8, 4) is 0 Å². The third-order valence-corrected chi connectivity index (χ3v) is 3.76. The summed E-state index contributed by atoms with van der Waals surface area (Å²) in [7, 11) is 2.01. The summed E-state index contributed by atoms with van der Waals surface area (Å²) < 4.78 is 7.05. The van der Waals surface area contributed by atoms with Crippen molar-refractivity contribution in [1.29, 1.82) is 0 Å². The second-order valence-corrected chi connectivity index (χ2v) is 5.19. The average Bonchev–Trinajstić information content (AvgIpc) is 2.97. The lowest BCUT2D eigenvalue weighted by atomic mass is 10.1. The lowest BCUT2D eigenvalue weighted by Gasteiger charge is -2.03. The Kier molecular flexibility index (Phi) is 3.25. The molecule has 5 heteroatoms. The van der Waals surface area contributed by atoms with Gasteiger partial charge in [0.25, 0.3) is 0 Å². The van der Waals surface area contributed by atoms with Gasteiger partial charge in [0.05, 0.1) is 6.42 Å². The molecule has 1 aromatic carbocycles. The molecule has 21 heavy (non-hydrogen) atoms. The van der Waals surface area contributed by atoms with Crippen molar-refractivity contribution in [3.63, 3.8) is 0 Å². The summed E-state index contributed by atoms with van der Waals surface area (Å²) in [4.78, 5) is 12.2. The monoisotopic (exact) mass is 283 g/mol. The van der Waals surface area contributed by atoms with Crippen molar-refractivity contribution in [2.75, 3.05) is 5.32 Å². The number of anilines is 1. The van der Waals surface area contributed by atoms with E-state index in [0.29, 0.717) is 18.0 Å². The first kappa shape index (κ1) is 13.4. The molecule has 0 saturated heterocycles. The van der Waals surface area contributed by atoms with Crippen LogP contribution in [0, 0.1) is 13.8 Å². The van der Waals surface area contributed by atoms with Crippen molar-refractivity contribution in [2.45, 2.75) is 20.3 Å². The second kappa shape index (κ2) is 5.09. The molecule has 0 aliphatic rings. The van der Waals surface area contributed by atoms with Crippen molar-refractivity contribution in [2.24, 2.45) is 7.05 Å². The Morgan fingerprint density at radius 3 is 2.81 bits per heavy atom. The number of hydrogen-bond acceptors (Lipinski definition) is 3. The molecule has 0 spiro atoms. The van der Waals surface area contributed by atoms with Crippen LogP contribution in [0.3, 0.4) is 0 Å². The van der Waals surface area contributed by atoms with Crippen LogP contribution in [0.4, 0.5) is 5.82 Å². The van der Waals surface area contributed by atoms with Crippen LogP contribution in [0.1, 0.15) is 17.0 Å². The Labute approximate surface area is 122 Å². The zero-order chi connectivity index (χ0) is 15.0. The number of amides is 1. The summed E-state index contributed by atoms with van der Waals surface area (Å²) >= 11 is 0. The molecular weight excluding hydrogens is 266 g/mol. The molecule has 0 atom stereocenters. The molecule has 5 nitrogen and oxygen atoms in total. The summed E-state index contributed by atoms with van der Waals surface area (Å²) in [6, 6.07) is 9.80. The summed E-state index contributed by atoms with van der Waals surface area (Å²) in [5, 5.41) is 7.65. The number of nitrogens with one attached hydrogen (secondary N) is 1. The predicted octanol–water partition coefficient (Wildman–Crippen LogP) is 2.96. The fourth-order valence-corrected chi connectivity index (χ4v) is 2.60. The van der Waals surface area contributed by atoms with Crippen LogP contribution >= 0.6 is 0 Å². The van der Waals surface area contributed by atoms with Gasteiger partial charge in [-0.1, -0.05) is 23.4 Å². The first-order chi connectivity index (χ1) is 10.1. The first-order valence-electron chi connectivity index (χ1n) is 6.82. The van der Waals surface area contributed by atoms with Gasteiger partial charge in [-0.25, -0.2) is 0 Å². The van der Waals surface area contributed by atoms with Crippen molar-refractivity contribution in [1.82, 2.24) is 9.72 Å². The highest BCUT2D eigenvalue weighted by molar-refractivity contribution is 5.96. The zero-order valence-corrected chi connectivity index (χ0v) is 12.3. The number of rotatable bonds is 3. The van der Waals surface area contributed by atoms with Crippen LogP contribution in [0.5, 0.6) is 0 Å². The largest absolute Gasteiger partial charge is 0.360 e. The van der Waals surface area contributed by atoms with E-state index in [1.165, 1.54) is 0 Å². The highest BCUT2D eigenvalue weighted by atomic mass is 16.5. The molecule has 0 aliphatic carbocycles. The predicted molar refractivity (Wildman–Crippen MR) is 81.2 cm³/mol. The minimum absolute atomic E-state index is 0.0947. The maximum Gasteiger partial charge on any atom is 0.230 e. The Hall–Kier alpha value is -2.56. The molecule has 0 unspecified atom stereocenters. The number of hydrogen-bond donors (Lipinski definition) is 1. The number of carbonyl (C=O) groups excluding carboxylic acids is 1. The normalized spacial score (nSPS) is 11.0. The molecule has 3 rings (SSSR count). The minimum Gasteiger partial charge on any atom is -0.360 e. The zero-order valence-electron chi connectivity index (χ0n) is 12.3. The third kappa shape index (κ3) is 2.42. The lowest BCUT2D eigenvalue weighted by Crippen LogP contribution is -2.15. The Bertz CT molecular complexity index is 814. The molecule has 0 bridgehead atoms. The molecule has 2 heterocycles. The molecular formula is C16H17N3O2. The molecule has 1 N–H and O–H groups in total. The van der Waals surface area contributed by atoms with Crippen LogP contribution in [-0.2, 0) is 18.3 Å². The van der Waals surface area contributed by atoms with E-state index < -0.39 is 0 Å². The van der Waals surface area contributed by atoms with Gasteiger partial charge in [0, 0.05) is 29.7 Å². The summed E-state index contributed by atoms with van der Waals surface area (Å²) in [5.41, 5.74) is 3.28. The van der Waals surface area contributed by atoms with Gasteiger partial charge in [-0.2, -0.15) is 0 Å². The van der Waals surface area contributed by atoms with Crippen LogP contribution in [0.15, 0.2) is 34.9 Å². The van der Waals surface area contributed by atoms with Gasteiger partial charge in [-0.05, 0) is 25.5 Å². The molecule has 3 aromatic rings. The van der Waals surface area contributed by atoms with Gasteiger partial charge < -0.3 is 14.4 Å². The van der Waals surface area contributed by atoms with Gasteiger partial charge in [-0.3, -0.25) is 4.79 Å². The molecule has 108 valence electrons. The van der Waals surface area contributed by atoms with Crippen molar-refractivity contribution in [3.05, 3.63) is 47.3 Å². The van der Waals surface area contributed by atoms with Crippen LogP contribution < -0.4 is 5.32 Å². The molecule has 0 fully saturated rings. The van der Waals surface area contributed by atoms with E-state index in [1.807, 2.05) is 32.2 Å². The summed E-state index contributed by atoms with van der Waals surface area (Å²) in [6.07, 6.45) is 0.319. The summed E-state index contributed by atoms with van der Waals surface area (Å²) in [5.74, 6) is 1.03. The van der Waals surface area contributed by atoms with Crippen LogP contribution in [0.25, 0.3) is 10.9 Å². The van der Waals surface area contributed by atoms with E-state index in [2.05, 4.69) is 21.1 Å². The van der Waals surface area contributed by atoms with Crippen molar-refractivity contribution >= 4 is 22.6 Å². The van der Waals surface area contributed by atoms with Gasteiger partial charge in [0.15, 0.2) is 5.82 Å². The van der Waals surface area contributed by atoms with Gasteiger partial charge in [-0.15, -0.1) is 0 Å². The Balaban J connectivity index is 1.88. The molecule has 0 saturated carbocycles. The van der Waals surface area contributed by atoms with Crippen molar-refractivity contribution < 1.29 is 9.32 Å². The van der Waals surface area contributed by atoms with Crippen LogP contribution in [-0.4, -0.2) is 15.6 Å². The second-order valence-electron chi connectivity index (χ2n) is 5.19. The molecule has 1 amide bonds. The highest BCUT2D eigenvalue weighted by Crippen LogP contribution is 2.25. The van der Waals surface area contributed by atoms with Crippen LogP contribution in [0.2, 0.25) is 0 Å². The van der Waals surface area contributed by atoms with E-state index in [9.17, 15) is 4.79 Å². The fourth-order valence-electron chi connectivity index (χ4n) is 2.60. The number of aromatic nitrogens is 2. The number of aryl methyl sites for hydroxylation is 2. The van der Waals surface area contributed by atoms with Gasteiger partial charge in [0.2, 0.25) is 5.91 Å². The number of fused-ring (bicyclic) bond motifs is 1. The highest BCUT2D eigenvalue weighted by Gasteiger charge is 2.15. The minimum atomic E-state index is -0.0947. The smallest absolute Gasteiger partial charge is 0.230 e. The number of nitrogens with zero attached hydrogens (tertiary/aromatic N) is 2. The summed E-state index contributed by atoms with van der Waals surface area (Å²) in [6.45, 7) is 3.82. The fraction of sp³-hybridized carbons (Fsp3) is 0.250. The number of carbonyl (C=O) groups is 1. The number of benzene rings is 1. The van der Waals surface area contributed by atoms with Gasteiger partial charge >= 0.3 is 0 Å². The maximum absolute atomic E-state index is 12.2. The van der Waals surface area contributed by atoms with E-state index in [-0.39, 0.29) is 5.91 Å². The van der Waals surface area contributed by atoms with E-state index in [1.54, 1.807) is 13.0 Å². The average molecular weight is 283 g/mol.